The van der Waals surface area contributed by atoms with Crippen LogP contribution in [-0.2, 0) is 4.79 Å². The molecule has 1 aromatic heterocycles. The van der Waals surface area contributed by atoms with Crippen molar-refractivity contribution in [3.8, 4) is 30.4 Å². The third-order valence-corrected chi connectivity index (χ3v) is 5.87. The first-order valence-electron chi connectivity index (χ1n) is 9.93. The summed E-state index contributed by atoms with van der Waals surface area (Å²) >= 11 is 0. The molecule has 2 aliphatic rings. The van der Waals surface area contributed by atoms with Crippen LogP contribution in [-0.4, -0.2) is 46.1 Å². The Morgan fingerprint density at radius 3 is 2.62 bits per heavy atom. The number of terminal acetylenes is 1. The summed E-state index contributed by atoms with van der Waals surface area (Å²) in [4.78, 5) is 18.4. The van der Waals surface area contributed by atoms with E-state index in [0.717, 1.165) is 25.7 Å². The van der Waals surface area contributed by atoms with E-state index in [4.69, 9.17) is 16.4 Å². The quantitative estimate of drug-likeness (QED) is 0.772. The van der Waals surface area contributed by atoms with Gasteiger partial charge in [0.15, 0.2) is 0 Å². The minimum Gasteiger partial charge on any atom is -0.474 e. The maximum absolute atomic E-state index is 12.7. The van der Waals surface area contributed by atoms with Crippen molar-refractivity contribution in [2.24, 2.45) is 0 Å². The van der Waals surface area contributed by atoms with Crippen molar-refractivity contribution in [3.63, 3.8) is 0 Å². The van der Waals surface area contributed by atoms with E-state index in [9.17, 15) is 10.1 Å². The van der Waals surface area contributed by atoms with E-state index in [2.05, 4.69) is 29.2 Å². The molecule has 0 aromatic carbocycles. The summed E-state index contributed by atoms with van der Waals surface area (Å²) < 4.78 is 5.93. The van der Waals surface area contributed by atoms with Crippen LogP contribution in [0.25, 0.3) is 0 Å². The molecule has 0 unspecified atom stereocenters. The number of amides is 1. The SMILES string of the molecule is C#C[C@H]1CC[C@@H](C#N)N1C(=O)CN[C@]1(C)CC[C@@H](Oc2ccc(C#N)cn2)CC1. The van der Waals surface area contributed by atoms with Crippen molar-refractivity contribution in [2.75, 3.05) is 6.54 Å². The highest BCUT2D eigenvalue weighted by molar-refractivity contribution is 5.80. The molecule has 1 aliphatic heterocycles. The second kappa shape index (κ2) is 8.95. The van der Waals surface area contributed by atoms with Crippen LogP contribution in [0.1, 0.15) is 51.0 Å². The number of hydrogen-bond donors (Lipinski definition) is 1. The highest BCUT2D eigenvalue weighted by Gasteiger charge is 2.37. The van der Waals surface area contributed by atoms with Crippen molar-refractivity contribution in [1.82, 2.24) is 15.2 Å². The molecular formula is C22H25N5O2. The number of nitriles is 2. The second-order valence-corrected chi connectivity index (χ2v) is 7.93. The highest BCUT2D eigenvalue weighted by atomic mass is 16.5. The summed E-state index contributed by atoms with van der Waals surface area (Å²) in [7, 11) is 0. The van der Waals surface area contributed by atoms with E-state index in [1.807, 2.05) is 6.07 Å². The fourth-order valence-electron chi connectivity index (χ4n) is 4.04. The lowest BCUT2D eigenvalue weighted by atomic mass is 9.82. The Labute approximate surface area is 171 Å². The summed E-state index contributed by atoms with van der Waals surface area (Å²) in [5, 5.41) is 21.5. The van der Waals surface area contributed by atoms with Gasteiger partial charge in [-0.1, -0.05) is 5.92 Å². The van der Waals surface area contributed by atoms with Gasteiger partial charge in [0.2, 0.25) is 11.8 Å². The minimum absolute atomic E-state index is 0.0633. The fourth-order valence-corrected chi connectivity index (χ4v) is 4.04. The maximum atomic E-state index is 12.7. The van der Waals surface area contributed by atoms with Crippen LogP contribution in [0, 0.1) is 35.0 Å². The molecule has 2 heterocycles. The number of ether oxygens (including phenoxy) is 1. The number of rotatable bonds is 5. The Morgan fingerprint density at radius 2 is 2.03 bits per heavy atom. The first-order chi connectivity index (χ1) is 14.0. The van der Waals surface area contributed by atoms with Crippen LogP contribution >= 0.6 is 0 Å². The number of carbonyl (C=O) groups is 1. The van der Waals surface area contributed by atoms with Gasteiger partial charge in [-0.25, -0.2) is 4.98 Å². The average molecular weight is 391 g/mol. The molecule has 7 nitrogen and oxygen atoms in total. The zero-order chi connectivity index (χ0) is 20.9. The van der Waals surface area contributed by atoms with Gasteiger partial charge in [0.05, 0.1) is 24.2 Å². The van der Waals surface area contributed by atoms with Crippen LogP contribution in [0.3, 0.4) is 0 Å². The van der Waals surface area contributed by atoms with E-state index in [1.54, 1.807) is 17.0 Å². The first kappa shape index (κ1) is 20.6. The first-order valence-corrected chi connectivity index (χ1v) is 9.93. The molecule has 0 spiro atoms. The van der Waals surface area contributed by atoms with Crippen molar-refractivity contribution < 1.29 is 9.53 Å². The van der Waals surface area contributed by atoms with E-state index in [0.29, 0.717) is 24.3 Å². The number of likely N-dealkylation sites (tertiary alicyclic amines) is 1. The van der Waals surface area contributed by atoms with Gasteiger partial charge in [-0.15, -0.1) is 6.42 Å². The van der Waals surface area contributed by atoms with E-state index < -0.39 is 6.04 Å². The molecule has 29 heavy (non-hydrogen) atoms. The van der Waals surface area contributed by atoms with Crippen molar-refractivity contribution in [1.29, 1.82) is 10.5 Å². The number of aromatic nitrogens is 1. The van der Waals surface area contributed by atoms with E-state index in [1.165, 1.54) is 6.20 Å². The van der Waals surface area contributed by atoms with Gasteiger partial charge in [-0.05, 0) is 51.5 Å². The predicted octanol–water partition coefficient (Wildman–Crippen LogP) is 2.14. The molecule has 1 amide bonds. The third-order valence-electron chi connectivity index (χ3n) is 5.87. The Hall–Kier alpha value is -3.08. The summed E-state index contributed by atoms with van der Waals surface area (Å²) in [6.45, 7) is 2.29. The highest BCUT2D eigenvalue weighted by Crippen LogP contribution is 2.30. The van der Waals surface area contributed by atoms with Gasteiger partial charge in [0.25, 0.3) is 0 Å². The van der Waals surface area contributed by atoms with Gasteiger partial charge >= 0.3 is 0 Å². The topological polar surface area (TPSA) is 102 Å². The van der Waals surface area contributed by atoms with Crippen molar-refractivity contribution in [2.45, 2.75) is 69.2 Å². The second-order valence-electron chi connectivity index (χ2n) is 7.93. The lowest BCUT2D eigenvalue weighted by Crippen LogP contribution is -2.52. The van der Waals surface area contributed by atoms with Gasteiger partial charge < -0.3 is 15.0 Å². The fraction of sp³-hybridized carbons (Fsp3) is 0.545. The van der Waals surface area contributed by atoms with Crippen LogP contribution in [0.4, 0.5) is 0 Å². The molecular weight excluding hydrogens is 366 g/mol. The standard InChI is InChI=1S/C22H25N5O2/c1-3-17-5-6-18(13-24)27(17)21(28)15-26-22(2)10-8-19(9-11-22)29-20-7-4-16(12-23)14-25-20/h1,4,7,14,17-19,26H,5-6,8-11,15H2,2H3/t17-,18-,19-,22-/m0/s1. The molecule has 2 atom stereocenters. The molecule has 1 saturated heterocycles. The molecule has 1 N–H and O–H groups in total. The van der Waals surface area contributed by atoms with Crippen LogP contribution < -0.4 is 10.1 Å². The molecule has 7 heteroatoms. The maximum Gasteiger partial charge on any atom is 0.238 e. The van der Waals surface area contributed by atoms with Crippen molar-refractivity contribution in [3.05, 3.63) is 23.9 Å². The molecule has 0 bridgehead atoms. The van der Waals surface area contributed by atoms with Crippen molar-refractivity contribution >= 4 is 5.91 Å². The minimum atomic E-state index is -0.429. The summed E-state index contributed by atoms with van der Waals surface area (Å²) in [6, 6.07) is 6.92. The van der Waals surface area contributed by atoms with Gasteiger partial charge in [0, 0.05) is 17.8 Å². The lowest BCUT2D eigenvalue weighted by molar-refractivity contribution is -0.131. The molecule has 1 aromatic rings. The molecule has 3 rings (SSSR count). The van der Waals surface area contributed by atoms with E-state index >= 15 is 0 Å². The number of hydrogen-bond acceptors (Lipinski definition) is 6. The number of nitrogens with zero attached hydrogens (tertiary/aromatic N) is 4. The number of pyridine rings is 1. The Morgan fingerprint density at radius 1 is 1.31 bits per heavy atom. The number of carbonyl (C=O) groups excluding carboxylic acids is 1. The van der Waals surface area contributed by atoms with Gasteiger partial charge in [-0.2, -0.15) is 10.5 Å². The zero-order valence-electron chi connectivity index (χ0n) is 16.6. The average Bonchev–Trinajstić information content (AvgIpc) is 3.18. The summed E-state index contributed by atoms with van der Waals surface area (Å²) in [6.07, 6.45) is 11.8. The Bertz CT molecular complexity index is 831. The molecule has 150 valence electrons. The normalized spacial score (nSPS) is 28.8. The summed E-state index contributed by atoms with van der Waals surface area (Å²) in [5.41, 5.74) is 0.340. The predicted molar refractivity (Wildman–Crippen MR) is 106 cm³/mol. The monoisotopic (exact) mass is 391 g/mol. The molecule has 0 radical (unpaired) electrons. The Balaban J connectivity index is 1.49. The van der Waals surface area contributed by atoms with Crippen LogP contribution in [0.2, 0.25) is 0 Å². The molecule has 2 fully saturated rings. The zero-order valence-corrected chi connectivity index (χ0v) is 16.6. The largest absolute Gasteiger partial charge is 0.474 e. The van der Waals surface area contributed by atoms with E-state index in [-0.39, 0.29) is 30.1 Å². The summed E-state index contributed by atoms with van der Waals surface area (Å²) in [5.74, 6) is 3.04. The van der Waals surface area contributed by atoms with Gasteiger partial charge in [-0.3, -0.25) is 4.79 Å². The van der Waals surface area contributed by atoms with Crippen LogP contribution in [0.5, 0.6) is 5.88 Å². The molecule has 1 aliphatic carbocycles. The number of nitrogens with one attached hydrogen (secondary N) is 1. The molecule has 1 saturated carbocycles. The lowest BCUT2D eigenvalue weighted by Gasteiger charge is -2.38. The third kappa shape index (κ3) is 4.86. The smallest absolute Gasteiger partial charge is 0.238 e. The van der Waals surface area contributed by atoms with Gasteiger partial charge in [0.1, 0.15) is 18.2 Å². The Kier molecular flexibility index (Phi) is 6.37. The van der Waals surface area contributed by atoms with Crippen LogP contribution in [0.15, 0.2) is 18.3 Å².